The van der Waals surface area contributed by atoms with Gasteiger partial charge >= 0.3 is 12.3 Å². The van der Waals surface area contributed by atoms with Crippen LogP contribution in [0.2, 0.25) is 0 Å². The molecule has 3 aromatic rings. The molecule has 4 fully saturated rings. The van der Waals surface area contributed by atoms with Crippen molar-refractivity contribution in [2.24, 2.45) is 23.2 Å². The molecule has 4 saturated carbocycles. The molecule has 6 nitrogen and oxygen atoms in total. The van der Waals surface area contributed by atoms with Gasteiger partial charge in [0.1, 0.15) is 23.3 Å². The summed E-state index contributed by atoms with van der Waals surface area (Å²) in [5.74, 6) is 0.108. The predicted octanol–water partition coefficient (Wildman–Crippen LogP) is 6.78. The first-order valence-electron chi connectivity index (χ1n) is 13.1. The Morgan fingerprint density at radius 2 is 1.62 bits per heavy atom. The lowest BCUT2D eigenvalue weighted by atomic mass is 9.47. The number of carboxylic acids is 1. The van der Waals surface area contributed by atoms with Crippen molar-refractivity contribution in [2.75, 3.05) is 0 Å². The first kappa shape index (κ1) is 26.0. The van der Waals surface area contributed by atoms with Crippen LogP contribution in [0.25, 0.3) is 10.1 Å². The molecule has 0 spiro atoms. The lowest BCUT2D eigenvalue weighted by Gasteiger charge is -2.58. The molecule has 1 aromatic heterocycles. The van der Waals surface area contributed by atoms with Crippen molar-refractivity contribution in [2.45, 2.75) is 57.5 Å². The Bertz CT molecular complexity index is 1360. The van der Waals surface area contributed by atoms with E-state index in [2.05, 4.69) is 10.1 Å². The standard InChI is InChI=1S/C29H28F3NO5S/c30-29(31,32)38-20-7-5-16(6-8-20)15-37-23-21-3-1-2-4-22(21)39-24(23)26(34)33-25(27(35)36)28-12-17-9-18(13-28)11-19(10-17)14-28/h1-8,17-19,25H,9-15H2,(H,33,34)(H,35,36). The maximum atomic E-state index is 13.7. The zero-order valence-corrected chi connectivity index (χ0v) is 21.8. The van der Waals surface area contributed by atoms with Crippen molar-refractivity contribution in [3.05, 3.63) is 59.0 Å². The Kier molecular flexibility index (Phi) is 6.48. The highest BCUT2D eigenvalue weighted by molar-refractivity contribution is 7.21. The van der Waals surface area contributed by atoms with Gasteiger partial charge in [0.15, 0.2) is 5.75 Å². The van der Waals surface area contributed by atoms with E-state index in [4.69, 9.17) is 4.74 Å². The zero-order valence-electron chi connectivity index (χ0n) is 21.0. The van der Waals surface area contributed by atoms with Crippen molar-refractivity contribution in [3.8, 4) is 11.5 Å². The fourth-order valence-corrected chi connectivity index (χ4v) is 8.51. The third-order valence-electron chi connectivity index (χ3n) is 8.52. The van der Waals surface area contributed by atoms with Gasteiger partial charge in [0.2, 0.25) is 0 Å². The molecular weight excluding hydrogens is 531 g/mol. The van der Waals surface area contributed by atoms with Crippen molar-refractivity contribution in [1.82, 2.24) is 5.32 Å². The van der Waals surface area contributed by atoms with Gasteiger partial charge in [0.05, 0.1) is 0 Å². The molecule has 0 saturated heterocycles. The molecule has 2 aromatic carbocycles. The monoisotopic (exact) mass is 559 g/mol. The summed E-state index contributed by atoms with van der Waals surface area (Å²) in [6, 6.07) is 11.7. The molecule has 4 aliphatic rings. The smallest absolute Gasteiger partial charge is 0.487 e. The van der Waals surface area contributed by atoms with E-state index in [0.717, 1.165) is 43.2 Å². The zero-order chi connectivity index (χ0) is 27.4. The Balaban J connectivity index is 1.24. The van der Waals surface area contributed by atoms with Crippen molar-refractivity contribution >= 4 is 33.3 Å². The normalized spacial score (nSPS) is 26.4. The minimum atomic E-state index is -4.78. The Labute approximate surface area is 227 Å². The van der Waals surface area contributed by atoms with Crippen LogP contribution in [0.1, 0.15) is 53.8 Å². The van der Waals surface area contributed by atoms with Crippen molar-refractivity contribution < 1.29 is 37.3 Å². The van der Waals surface area contributed by atoms with Gasteiger partial charge in [-0.2, -0.15) is 0 Å². The largest absolute Gasteiger partial charge is 0.573 e. The molecule has 7 rings (SSSR count). The number of rotatable bonds is 8. The SMILES string of the molecule is O=C(NC(C(=O)O)C12CC3CC(CC(C3)C1)C2)c1sc2ccccc2c1OCc1ccc(OC(F)(F)F)cc1. The van der Waals surface area contributed by atoms with Gasteiger partial charge in [-0.1, -0.05) is 24.3 Å². The van der Waals surface area contributed by atoms with Crippen molar-refractivity contribution in [3.63, 3.8) is 0 Å². The first-order valence-corrected chi connectivity index (χ1v) is 13.9. The number of aliphatic carboxylic acids is 1. The summed E-state index contributed by atoms with van der Waals surface area (Å²) in [6.07, 6.45) is 1.21. The Hall–Kier alpha value is -3.27. The van der Waals surface area contributed by atoms with Gasteiger partial charge in [0, 0.05) is 15.5 Å². The van der Waals surface area contributed by atoms with E-state index in [9.17, 15) is 27.9 Å². The number of alkyl halides is 3. The summed E-state index contributed by atoms with van der Waals surface area (Å²) in [7, 11) is 0. The van der Waals surface area contributed by atoms with Crippen LogP contribution in [0.3, 0.4) is 0 Å². The Morgan fingerprint density at radius 3 is 2.21 bits per heavy atom. The Morgan fingerprint density at radius 1 is 1.00 bits per heavy atom. The van der Waals surface area contributed by atoms with E-state index in [1.807, 2.05) is 24.3 Å². The van der Waals surface area contributed by atoms with Crippen LogP contribution >= 0.6 is 11.3 Å². The second-order valence-electron chi connectivity index (χ2n) is 11.3. The third kappa shape index (κ3) is 5.18. The fraction of sp³-hybridized carbons (Fsp3) is 0.448. The fourth-order valence-electron chi connectivity index (χ4n) is 7.46. The summed E-state index contributed by atoms with van der Waals surface area (Å²) in [4.78, 5) is 26.5. The number of carboxylic acid groups (broad SMARTS) is 1. The molecule has 10 heteroatoms. The van der Waals surface area contributed by atoms with Gasteiger partial charge in [-0.05, 0) is 86.1 Å². The van der Waals surface area contributed by atoms with E-state index in [-0.39, 0.29) is 17.2 Å². The summed E-state index contributed by atoms with van der Waals surface area (Å²) >= 11 is 1.23. The number of thiophene rings is 1. The number of fused-ring (bicyclic) bond motifs is 1. The summed E-state index contributed by atoms with van der Waals surface area (Å²) in [5, 5.41) is 13.9. The van der Waals surface area contributed by atoms with E-state index < -0.39 is 29.7 Å². The summed E-state index contributed by atoms with van der Waals surface area (Å²) in [5.41, 5.74) is 0.164. The van der Waals surface area contributed by atoms with Crippen LogP contribution in [0.4, 0.5) is 13.2 Å². The summed E-state index contributed by atoms with van der Waals surface area (Å²) < 4.78 is 48.2. The average Bonchev–Trinajstić information content (AvgIpc) is 3.23. The second-order valence-corrected chi connectivity index (χ2v) is 12.3. The number of benzene rings is 2. The van der Waals surface area contributed by atoms with Gasteiger partial charge in [-0.15, -0.1) is 24.5 Å². The summed E-state index contributed by atoms with van der Waals surface area (Å²) in [6.45, 7) is 0.00461. The first-order chi connectivity index (χ1) is 18.6. The number of halogens is 3. The molecule has 4 bridgehead atoms. The molecule has 0 radical (unpaired) electrons. The number of ether oxygens (including phenoxy) is 2. The number of carbonyl (C=O) groups is 2. The maximum Gasteiger partial charge on any atom is 0.573 e. The second kappa shape index (κ2) is 9.73. The molecule has 1 atom stereocenters. The molecule has 206 valence electrons. The highest BCUT2D eigenvalue weighted by Crippen LogP contribution is 2.61. The molecule has 2 N–H and O–H groups in total. The number of hydrogen-bond acceptors (Lipinski definition) is 5. The van der Waals surface area contributed by atoms with E-state index in [1.54, 1.807) is 0 Å². The molecule has 1 unspecified atom stereocenters. The maximum absolute atomic E-state index is 13.7. The predicted molar refractivity (Wildman–Crippen MR) is 139 cm³/mol. The molecule has 0 aliphatic heterocycles. The van der Waals surface area contributed by atoms with Gasteiger partial charge in [-0.25, -0.2) is 4.79 Å². The van der Waals surface area contributed by atoms with Crippen LogP contribution in [-0.2, 0) is 11.4 Å². The number of amides is 1. The van der Waals surface area contributed by atoms with Crippen molar-refractivity contribution in [1.29, 1.82) is 0 Å². The van der Waals surface area contributed by atoms with Gasteiger partial charge < -0.3 is 19.9 Å². The highest BCUT2D eigenvalue weighted by atomic mass is 32.1. The van der Waals surface area contributed by atoms with E-state index in [0.29, 0.717) is 34.5 Å². The molecule has 39 heavy (non-hydrogen) atoms. The third-order valence-corrected chi connectivity index (χ3v) is 9.67. The molecule has 4 aliphatic carbocycles. The quantitative estimate of drug-likeness (QED) is 0.318. The number of nitrogens with one attached hydrogen (secondary N) is 1. The van der Waals surface area contributed by atoms with Gasteiger partial charge in [0.25, 0.3) is 5.91 Å². The minimum absolute atomic E-state index is 0.00461. The minimum Gasteiger partial charge on any atom is -0.487 e. The van der Waals surface area contributed by atoms with Crippen LogP contribution in [0, 0.1) is 23.2 Å². The molecule has 1 heterocycles. The van der Waals surface area contributed by atoms with Crippen LogP contribution in [0.5, 0.6) is 11.5 Å². The average molecular weight is 560 g/mol. The number of hydrogen-bond donors (Lipinski definition) is 2. The van der Waals surface area contributed by atoms with E-state index >= 15 is 0 Å². The lowest BCUT2D eigenvalue weighted by Crippen LogP contribution is -2.59. The van der Waals surface area contributed by atoms with Crippen LogP contribution < -0.4 is 14.8 Å². The van der Waals surface area contributed by atoms with Crippen LogP contribution in [0.15, 0.2) is 48.5 Å². The van der Waals surface area contributed by atoms with Gasteiger partial charge in [-0.3, -0.25) is 4.79 Å². The molecular formula is C29H28F3NO5S. The molecule has 1 amide bonds. The van der Waals surface area contributed by atoms with E-state index in [1.165, 1.54) is 35.6 Å². The van der Waals surface area contributed by atoms with Crippen LogP contribution in [-0.4, -0.2) is 29.4 Å². The topological polar surface area (TPSA) is 84.9 Å². The highest BCUT2D eigenvalue weighted by Gasteiger charge is 2.56. The number of carbonyl (C=O) groups excluding carboxylic acids is 1. The lowest BCUT2D eigenvalue weighted by molar-refractivity contribution is -0.274.